The Balaban J connectivity index is 1.36. The lowest BCUT2D eigenvalue weighted by atomic mass is 10.1. The molecule has 1 unspecified atom stereocenters. The summed E-state index contributed by atoms with van der Waals surface area (Å²) in [7, 11) is 0. The van der Waals surface area contributed by atoms with E-state index in [1.54, 1.807) is 11.3 Å². The number of carbonyl (C=O) groups is 1. The molecule has 1 saturated heterocycles. The maximum Gasteiger partial charge on any atom is 0.254 e. The molecule has 0 aromatic carbocycles. The molecule has 2 aromatic heterocycles. The smallest absolute Gasteiger partial charge is 0.254 e. The van der Waals surface area contributed by atoms with E-state index in [1.807, 2.05) is 21.7 Å². The molecule has 1 aliphatic carbocycles. The van der Waals surface area contributed by atoms with Gasteiger partial charge in [0, 0.05) is 30.8 Å². The Morgan fingerprint density at radius 1 is 1.43 bits per heavy atom. The Morgan fingerprint density at radius 2 is 2.33 bits per heavy atom. The number of likely N-dealkylation sites (tertiary alicyclic amines) is 1. The van der Waals surface area contributed by atoms with E-state index in [1.165, 1.54) is 12.8 Å². The Labute approximate surface area is 127 Å². The highest BCUT2D eigenvalue weighted by Gasteiger charge is 2.31. The van der Waals surface area contributed by atoms with E-state index in [4.69, 9.17) is 4.52 Å². The molecule has 3 heterocycles. The van der Waals surface area contributed by atoms with Gasteiger partial charge in [0.15, 0.2) is 5.82 Å². The van der Waals surface area contributed by atoms with E-state index in [2.05, 4.69) is 10.1 Å². The van der Waals surface area contributed by atoms with Crippen molar-refractivity contribution in [1.29, 1.82) is 0 Å². The van der Waals surface area contributed by atoms with Crippen LogP contribution in [0.25, 0.3) is 0 Å². The summed E-state index contributed by atoms with van der Waals surface area (Å²) in [5, 5.41) is 7.93. The molecule has 4 rings (SSSR count). The van der Waals surface area contributed by atoms with Gasteiger partial charge < -0.3 is 9.42 Å². The molecule has 2 aromatic rings. The minimum absolute atomic E-state index is 0.144. The zero-order valence-electron chi connectivity index (χ0n) is 11.7. The van der Waals surface area contributed by atoms with Crippen molar-refractivity contribution in [3.8, 4) is 0 Å². The normalized spacial score (nSPS) is 21.9. The number of carbonyl (C=O) groups excluding carboxylic acids is 1. The summed E-state index contributed by atoms with van der Waals surface area (Å²) in [5.74, 6) is 2.69. The molecular weight excluding hydrogens is 286 g/mol. The van der Waals surface area contributed by atoms with Crippen molar-refractivity contribution in [3.05, 3.63) is 34.1 Å². The molecular formula is C15H17N3O2S. The summed E-state index contributed by atoms with van der Waals surface area (Å²) >= 11 is 1.56. The number of amides is 1. The van der Waals surface area contributed by atoms with Gasteiger partial charge in [-0.15, -0.1) is 0 Å². The molecule has 0 spiro atoms. The summed E-state index contributed by atoms with van der Waals surface area (Å²) in [6, 6.07) is 1.89. The van der Waals surface area contributed by atoms with Crippen LogP contribution in [0, 0.1) is 5.92 Å². The van der Waals surface area contributed by atoms with Gasteiger partial charge in [-0.1, -0.05) is 5.16 Å². The maximum atomic E-state index is 12.3. The van der Waals surface area contributed by atoms with Crippen molar-refractivity contribution in [2.75, 3.05) is 13.1 Å². The van der Waals surface area contributed by atoms with Gasteiger partial charge in [-0.3, -0.25) is 4.79 Å². The molecule has 1 atom stereocenters. The number of hydrogen-bond donors (Lipinski definition) is 0. The number of thiophene rings is 1. The SMILES string of the molecule is O=C(c1ccsc1)N1CCC(Cc2noc(C3CC3)n2)C1. The summed E-state index contributed by atoms with van der Waals surface area (Å²) in [5.41, 5.74) is 0.802. The van der Waals surface area contributed by atoms with Crippen molar-refractivity contribution in [3.63, 3.8) is 0 Å². The third-order valence-electron chi connectivity index (χ3n) is 4.22. The molecule has 1 saturated carbocycles. The highest BCUT2D eigenvalue weighted by atomic mass is 32.1. The fraction of sp³-hybridized carbons (Fsp3) is 0.533. The third kappa shape index (κ3) is 2.72. The lowest BCUT2D eigenvalue weighted by Gasteiger charge is -2.15. The second-order valence-corrected chi connectivity index (χ2v) is 6.73. The highest BCUT2D eigenvalue weighted by Crippen LogP contribution is 2.39. The predicted molar refractivity (Wildman–Crippen MR) is 78.3 cm³/mol. The molecule has 1 amide bonds. The van der Waals surface area contributed by atoms with Crippen LogP contribution in [0.4, 0.5) is 0 Å². The predicted octanol–water partition coefficient (Wildman–Crippen LogP) is 2.71. The molecule has 5 nitrogen and oxygen atoms in total. The quantitative estimate of drug-likeness (QED) is 0.871. The summed E-state index contributed by atoms with van der Waals surface area (Å²) in [6.07, 6.45) is 4.18. The van der Waals surface area contributed by atoms with Crippen LogP contribution in [-0.4, -0.2) is 34.0 Å². The van der Waals surface area contributed by atoms with Crippen LogP contribution in [0.5, 0.6) is 0 Å². The molecule has 0 bridgehead atoms. The fourth-order valence-corrected chi connectivity index (χ4v) is 3.49. The Hall–Kier alpha value is -1.69. The summed E-state index contributed by atoms with van der Waals surface area (Å²) < 4.78 is 5.29. The molecule has 21 heavy (non-hydrogen) atoms. The molecule has 0 N–H and O–H groups in total. The van der Waals surface area contributed by atoms with Crippen molar-refractivity contribution in [2.45, 2.75) is 31.6 Å². The van der Waals surface area contributed by atoms with Crippen LogP contribution < -0.4 is 0 Å². The Kier molecular flexibility index (Phi) is 3.25. The molecule has 0 radical (unpaired) electrons. The van der Waals surface area contributed by atoms with Gasteiger partial charge in [0.2, 0.25) is 5.89 Å². The van der Waals surface area contributed by atoms with Crippen LogP contribution >= 0.6 is 11.3 Å². The number of rotatable bonds is 4. The van der Waals surface area contributed by atoms with Crippen molar-refractivity contribution in [2.24, 2.45) is 5.92 Å². The van der Waals surface area contributed by atoms with Crippen molar-refractivity contribution < 1.29 is 9.32 Å². The first-order valence-electron chi connectivity index (χ1n) is 7.43. The average molecular weight is 303 g/mol. The standard InChI is InChI=1S/C15H17N3O2S/c19-15(12-4-6-21-9-12)18-5-3-10(8-18)7-13-16-14(20-17-13)11-1-2-11/h4,6,9-11H,1-3,5,7-8H2. The molecule has 2 fully saturated rings. The van der Waals surface area contributed by atoms with Crippen molar-refractivity contribution in [1.82, 2.24) is 15.0 Å². The topological polar surface area (TPSA) is 59.2 Å². The van der Waals surface area contributed by atoms with E-state index in [9.17, 15) is 4.79 Å². The van der Waals surface area contributed by atoms with E-state index in [0.717, 1.165) is 43.2 Å². The zero-order chi connectivity index (χ0) is 14.2. The van der Waals surface area contributed by atoms with Crippen LogP contribution in [0.15, 0.2) is 21.3 Å². The minimum Gasteiger partial charge on any atom is -0.339 e. The van der Waals surface area contributed by atoms with Gasteiger partial charge in [-0.05, 0) is 36.6 Å². The highest BCUT2D eigenvalue weighted by molar-refractivity contribution is 7.08. The second kappa shape index (κ2) is 5.26. The van der Waals surface area contributed by atoms with Crippen molar-refractivity contribution >= 4 is 17.2 Å². The Bertz CT molecular complexity index is 633. The van der Waals surface area contributed by atoms with Gasteiger partial charge in [0.05, 0.1) is 5.56 Å². The zero-order valence-corrected chi connectivity index (χ0v) is 12.5. The first kappa shape index (κ1) is 13.0. The lowest BCUT2D eigenvalue weighted by molar-refractivity contribution is 0.0787. The van der Waals surface area contributed by atoms with Gasteiger partial charge in [-0.25, -0.2) is 0 Å². The number of aromatic nitrogens is 2. The average Bonchev–Trinajstić information content (AvgIpc) is 2.96. The van der Waals surface area contributed by atoms with E-state index >= 15 is 0 Å². The van der Waals surface area contributed by atoms with Gasteiger partial charge in [0.25, 0.3) is 5.91 Å². The molecule has 110 valence electrons. The van der Waals surface area contributed by atoms with E-state index in [0.29, 0.717) is 11.8 Å². The largest absolute Gasteiger partial charge is 0.339 e. The monoisotopic (exact) mass is 303 g/mol. The third-order valence-corrected chi connectivity index (χ3v) is 4.91. The first-order valence-corrected chi connectivity index (χ1v) is 8.38. The maximum absolute atomic E-state index is 12.3. The van der Waals surface area contributed by atoms with E-state index < -0.39 is 0 Å². The lowest BCUT2D eigenvalue weighted by Crippen LogP contribution is -2.28. The Morgan fingerprint density at radius 3 is 3.10 bits per heavy atom. The van der Waals surface area contributed by atoms with Gasteiger partial charge in [-0.2, -0.15) is 16.3 Å². The van der Waals surface area contributed by atoms with Gasteiger partial charge in [0.1, 0.15) is 0 Å². The summed E-state index contributed by atoms with van der Waals surface area (Å²) in [4.78, 5) is 18.7. The van der Waals surface area contributed by atoms with Crippen LogP contribution in [0.2, 0.25) is 0 Å². The van der Waals surface area contributed by atoms with Crippen LogP contribution in [0.1, 0.15) is 47.3 Å². The number of hydrogen-bond acceptors (Lipinski definition) is 5. The minimum atomic E-state index is 0.144. The van der Waals surface area contributed by atoms with E-state index in [-0.39, 0.29) is 5.91 Å². The molecule has 6 heteroatoms. The fourth-order valence-electron chi connectivity index (χ4n) is 2.86. The van der Waals surface area contributed by atoms with Crippen LogP contribution in [0.3, 0.4) is 0 Å². The van der Waals surface area contributed by atoms with Gasteiger partial charge >= 0.3 is 0 Å². The molecule has 2 aliphatic rings. The van der Waals surface area contributed by atoms with Crippen LogP contribution in [-0.2, 0) is 6.42 Å². The molecule has 1 aliphatic heterocycles. The summed E-state index contributed by atoms with van der Waals surface area (Å²) in [6.45, 7) is 1.62. The second-order valence-electron chi connectivity index (χ2n) is 5.95. The first-order chi connectivity index (χ1) is 10.3. The number of nitrogens with zero attached hydrogens (tertiary/aromatic N) is 3.